The Bertz CT molecular complexity index is 2630. The first-order chi connectivity index (χ1) is 52.7. The van der Waals surface area contributed by atoms with Crippen molar-refractivity contribution in [2.75, 3.05) is 39.6 Å². The number of unbranched alkanes of at least 4 members (excludes halogenated alkanes) is 16. The minimum absolute atomic E-state index is 0.0430. The molecule has 0 aliphatic rings. The summed E-state index contributed by atoms with van der Waals surface area (Å²) in [6, 6.07) is 0. The Kier molecular flexibility index (Phi) is 74.5. The van der Waals surface area contributed by atoms with E-state index >= 15 is 0 Å². The van der Waals surface area contributed by atoms with Gasteiger partial charge in [0, 0.05) is 25.7 Å². The fourth-order valence-corrected chi connectivity index (χ4v) is 11.5. The highest BCUT2D eigenvalue weighted by Crippen LogP contribution is 2.45. The van der Waals surface area contributed by atoms with E-state index in [0.717, 1.165) is 154 Å². The number of carbonyl (C=O) groups excluding carboxylic acids is 4. The summed E-state index contributed by atoms with van der Waals surface area (Å²) in [5.74, 6) is -2.42. The quantitative estimate of drug-likeness (QED) is 0.0169. The Morgan fingerprint density at radius 2 is 0.500 bits per heavy atom. The summed E-state index contributed by atoms with van der Waals surface area (Å²) >= 11 is 0. The number of carbonyl (C=O) groups is 4. The van der Waals surface area contributed by atoms with Crippen LogP contribution >= 0.6 is 15.6 Å². The number of ether oxygens (including phenoxy) is 4. The van der Waals surface area contributed by atoms with E-state index < -0.39 is 97.5 Å². The van der Waals surface area contributed by atoms with Crippen molar-refractivity contribution in [3.63, 3.8) is 0 Å². The summed E-state index contributed by atoms with van der Waals surface area (Å²) in [6.45, 7) is 4.37. The van der Waals surface area contributed by atoms with E-state index in [4.69, 9.17) is 37.0 Å². The van der Waals surface area contributed by atoms with Crippen molar-refractivity contribution < 1.29 is 80.2 Å². The van der Waals surface area contributed by atoms with Gasteiger partial charge in [0.25, 0.3) is 0 Å². The second-order valence-corrected chi connectivity index (χ2v) is 29.1. The van der Waals surface area contributed by atoms with E-state index in [1.165, 1.54) is 38.5 Å². The van der Waals surface area contributed by atoms with Crippen LogP contribution in [0.15, 0.2) is 194 Å². The molecule has 0 aliphatic carbocycles. The molecule has 0 saturated heterocycles. The van der Waals surface area contributed by atoms with E-state index in [9.17, 15) is 43.2 Å². The lowest BCUT2D eigenvalue weighted by atomic mass is 10.1. The number of hydrogen-bond acceptors (Lipinski definition) is 15. The van der Waals surface area contributed by atoms with Gasteiger partial charge in [-0.25, -0.2) is 9.13 Å². The molecule has 610 valence electrons. The van der Waals surface area contributed by atoms with Crippen LogP contribution in [-0.4, -0.2) is 96.7 Å². The van der Waals surface area contributed by atoms with Gasteiger partial charge in [0.2, 0.25) is 0 Å². The van der Waals surface area contributed by atoms with Crippen LogP contribution in [0.25, 0.3) is 0 Å². The Balaban J connectivity index is 5.56. The van der Waals surface area contributed by atoms with Crippen LogP contribution in [0.1, 0.15) is 285 Å². The molecule has 0 saturated carbocycles. The van der Waals surface area contributed by atoms with Gasteiger partial charge in [-0.3, -0.25) is 37.3 Å². The third kappa shape index (κ3) is 78.0. The van der Waals surface area contributed by atoms with Gasteiger partial charge in [-0.15, -0.1) is 0 Å². The highest BCUT2D eigenvalue weighted by molar-refractivity contribution is 7.47. The number of phosphoric acid groups is 2. The van der Waals surface area contributed by atoms with Crippen molar-refractivity contribution in [2.45, 2.75) is 303 Å². The minimum atomic E-state index is -5.02. The Labute approximate surface area is 653 Å². The van der Waals surface area contributed by atoms with Crippen LogP contribution in [0.5, 0.6) is 0 Å². The van der Waals surface area contributed by atoms with Gasteiger partial charge in [-0.2, -0.15) is 0 Å². The summed E-state index contributed by atoms with van der Waals surface area (Å²) in [5, 5.41) is 10.7. The van der Waals surface area contributed by atoms with Crippen molar-refractivity contribution >= 4 is 39.5 Å². The lowest BCUT2D eigenvalue weighted by molar-refractivity contribution is -0.161. The first kappa shape index (κ1) is 102. The molecule has 0 rings (SSSR count). The topological polar surface area (TPSA) is 237 Å². The first-order valence-electron chi connectivity index (χ1n) is 40.7. The molecule has 0 aromatic carbocycles. The Morgan fingerprint density at radius 3 is 0.778 bits per heavy atom. The molecular weight excluding hydrogens is 1400 g/mol. The molecule has 0 aromatic rings. The highest BCUT2D eigenvalue weighted by Gasteiger charge is 2.30. The molecule has 2 unspecified atom stereocenters. The second kappa shape index (κ2) is 79.0. The third-order valence-corrected chi connectivity index (χ3v) is 18.0. The molecular formula is C89H142O17P2. The summed E-state index contributed by atoms with van der Waals surface area (Å²) in [5.41, 5.74) is 0. The molecule has 4 atom stereocenters. The Morgan fingerprint density at radius 1 is 0.269 bits per heavy atom. The SMILES string of the molecule is CC/C=C\C/C=C\C/C=C\C/C=C\C/C=C\C/C=C\CCC(=O)O[C@H](COC(=O)CCCCCCC/C=C\C/C=C\CCCCC)COP(=O)(O)OCC(O)COP(=O)(O)OC[C@@H](COC(=O)CCCCCCC/C=C\C/C=C\CCCCC)OC(=O)CC/C=C\C/C=C\C/C=C\C/C=C\C/C=C\C/C=C\CC. The third-order valence-electron chi connectivity index (χ3n) is 16.1. The fraction of sp³-hybridized carbons (Fsp3) is 0.596. The number of allylic oxidation sites excluding steroid dienone is 32. The zero-order chi connectivity index (χ0) is 78.9. The van der Waals surface area contributed by atoms with E-state index in [-0.39, 0.29) is 25.7 Å². The van der Waals surface area contributed by atoms with Gasteiger partial charge in [0.15, 0.2) is 12.2 Å². The van der Waals surface area contributed by atoms with E-state index in [1.807, 2.05) is 36.5 Å². The zero-order valence-corrected chi connectivity index (χ0v) is 68.5. The van der Waals surface area contributed by atoms with E-state index in [0.29, 0.717) is 38.5 Å². The lowest BCUT2D eigenvalue weighted by Crippen LogP contribution is -2.30. The van der Waals surface area contributed by atoms with Gasteiger partial charge < -0.3 is 33.8 Å². The molecule has 108 heavy (non-hydrogen) atoms. The zero-order valence-electron chi connectivity index (χ0n) is 66.7. The summed E-state index contributed by atoms with van der Waals surface area (Å²) in [6.07, 6.45) is 97.2. The summed E-state index contributed by atoms with van der Waals surface area (Å²) in [4.78, 5) is 73.0. The summed E-state index contributed by atoms with van der Waals surface area (Å²) < 4.78 is 68.5. The van der Waals surface area contributed by atoms with Crippen molar-refractivity contribution in [1.82, 2.24) is 0 Å². The van der Waals surface area contributed by atoms with Crippen LogP contribution < -0.4 is 0 Å². The van der Waals surface area contributed by atoms with Crippen molar-refractivity contribution in [1.29, 1.82) is 0 Å². The standard InChI is InChI=1S/C89H142O17P2/c1-5-9-13-17-21-25-29-33-37-39-41-43-47-51-55-59-63-67-71-75-88(93)105-84(79-99-86(91)73-69-65-61-57-53-49-45-35-31-27-23-19-15-11-7-3)81-103-107(95,96)101-77-83(90)78-102-108(97,98)104-82-85(80-100-87(92)74-70-66-62-58-54-50-46-36-32-28-24-20-16-12-8-4)106-89(94)76-72-68-64-60-56-52-48-44-42-40-38-34-30-26-22-18-14-10-6-2/h9-10,13-14,21-28,33-38,41-46,51-52,55-56,63-64,67-68,83-85,90H,5-8,11-12,15-20,29-32,39-40,47-50,53-54,57-62,65-66,69-82H2,1-4H3,(H,95,96)(H,97,98)/b13-9-,14-10-,25-21-,26-22-,27-23-,28-24-,37-33-,38-34-,43-41-,44-42-,45-35-,46-36-,55-51-,56-52-,67-63-,68-64-/t84-,85-/m1/s1. The monoisotopic (exact) mass is 1540 g/mol. The van der Waals surface area contributed by atoms with Crippen molar-refractivity contribution in [3.05, 3.63) is 194 Å². The average molecular weight is 1550 g/mol. The number of phosphoric ester groups is 2. The largest absolute Gasteiger partial charge is 0.472 e. The second-order valence-electron chi connectivity index (χ2n) is 26.2. The predicted molar refractivity (Wildman–Crippen MR) is 445 cm³/mol. The minimum Gasteiger partial charge on any atom is -0.462 e. The van der Waals surface area contributed by atoms with Gasteiger partial charge in [0.05, 0.1) is 26.4 Å². The molecule has 3 N–H and O–H groups in total. The van der Waals surface area contributed by atoms with Gasteiger partial charge in [-0.05, 0) is 167 Å². The normalized spacial score (nSPS) is 14.8. The Hall–Kier alpha value is -6.10. The van der Waals surface area contributed by atoms with Gasteiger partial charge >= 0.3 is 39.5 Å². The molecule has 0 spiro atoms. The highest BCUT2D eigenvalue weighted by atomic mass is 31.2. The molecule has 19 heteroatoms. The number of aliphatic hydroxyl groups is 1. The summed E-state index contributed by atoms with van der Waals surface area (Å²) in [7, 11) is -10.0. The molecule has 17 nitrogen and oxygen atoms in total. The van der Waals surface area contributed by atoms with Crippen LogP contribution in [0.3, 0.4) is 0 Å². The van der Waals surface area contributed by atoms with Crippen molar-refractivity contribution in [2.24, 2.45) is 0 Å². The van der Waals surface area contributed by atoms with Crippen molar-refractivity contribution in [3.8, 4) is 0 Å². The maximum atomic E-state index is 13.1. The van der Waals surface area contributed by atoms with E-state index in [2.05, 4.69) is 186 Å². The molecule has 0 heterocycles. The maximum absolute atomic E-state index is 13.1. The molecule has 0 fully saturated rings. The van der Waals surface area contributed by atoms with Crippen LogP contribution in [0, 0.1) is 0 Å². The number of hydrogen-bond donors (Lipinski definition) is 3. The molecule has 0 radical (unpaired) electrons. The fourth-order valence-electron chi connectivity index (χ4n) is 9.92. The van der Waals surface area contributed by atoms with E-state index in [1.54, 1.807) is 0 Å². The molecule has 0 amide bonds. The smallest absolute Gasteiger partial charge is 0.462 e. The van der Waals surface area contributed by atoms with Crippen LogP contribution in [-0.2, 0) is 65.4 Å². The molecule has 0 aliphatic heterocycles. The number of esters is 4. The number of aliphatic hydroxyl groups excluding tert-OH is 1. The van der Waals surface area contributed by atoms with Crippen LogP contribution in [0.2, 0.25) is 0 Å². The molecule has 0 aromatic heterocycles. The number of rotatable bonds is 74. The first-order valence-corrected chi connectivity index (χ1v) is 43.7. The lowest BCUT2D eigenvalue weighted by Gasteiger charge is -2.21. The van der Waals surface area contributed by atoms with Gasteiger partial charge in [0.1, 0.15) is 19.3 Å². The predicted octanol–water partition coefficient (Wildman–Crippen LogP) is 24.1. The van der Waals surface area contributed by atoms with Crippen LogP contribution in [0.4, 0.5) is 0 Å². The maximum Gasteiger partial charge on any atom is 0.472 e. The molecule has 0 bridgehead atoms. The average Bonchev–Trinajstić information content (AvgIpc) is 0.907. The van der Waals surface area contributed by atoms with Gasteiger partial charge in [-0.1, -0.05) is 286 Å².